The maximum Gasteiger partial charge on any atom is 0.481 e. The van der Waals surface area contributed by atoms with Gasteiger partial charge < -0.3 is 50.4 Å². The number of aromatic nitrogens is 7. The Kier molecular flexibility index (Phi) is 10.7. The molecule has 0 radical (unpaired) electrons. The van der Waals surface area contributed by atoms with Gasteiger partial charge in [-0.3, -0.25) is 23.4 Å². The fourth-order valence-electron chi connectivity index (χ4n) is 5.73. The SMILES string of the molecule is Cc1cc2cc3c(=O)[nH]c(=O)nc-3n(C[C@H](O)[C@H](O)[C@H](O)COP(=O)(O)OP(=O)(O)OC[C@H]3O[C@@H](n4cnc5c(N)ncnc54)[C@H](O)[C@@H]3O)c2cc1C. The second-order valence-electron chi connectivity index (χ2n) is 12.2. The summed E-state index contributed by atoms with van der Waals surface area (Å²) in [7, 11) is -11.0. The number of anilines is 1. The van der Waals surface area contributed by atoms with Crippen LogP contribution in [-0.2, 0) is 33.8 Å². The number of imidazole rings is 1. The Morgan fingerprint density at radius 3 is 2.42 bits per heavy atom. The van der Waals surface area contributed by atoms with Crippen molar-refractivity contribution in [2.45, 2.75) is 63.2 Å². The minimum absolute atomic E-state index is 0.00237. The van der Waals surface area contributed by atoms with Gasteiger partial charge in [0.15, 0.2) is 23.5 Å². The van der Waals surface area contributed by atoms with Crippen molar-refractivity contribution < 1.29 is 62.5 Å². The van der Waals surface area contributed by atoms with Gasteiger partial charge in [-0.15, -0.1) is 0 Å². The van der Waals surface area contributed by atoms with E-state index in [9.17, 15) is 54.0 Å². The molecular weight excluding hydrogens is 750 g/mol. The Morgan fingerprint density at radius 2 is 1.68 bits per heavy atom. The molecule has 9 atom stereocenters. The van der Waals surface area contributed by atoms with Gasteiger partial charge in [0.25, 0.3) is 5.56 Å². The number of H-pyrrole nitrogens is 1. The molecule has 0 amide bonds. The molecule has 1 aromatic carbocycles. The van der Waals surface area contributed by atoms with E-state index in [0.717, 1.165) is 17.5 Å². The van der Waals surface area contributed by atoms with Crippen molar-refractivity contribution in [1.29, 1.82) is 0 Å². The van der Waals surface area contributed by atoms with Crippen molar-refractivity contribution in [2.24, 2.45) is 0 Å². The number of hydrogen-bond acceptors (Lipinski definition) is 18. The Morgan fingerprint density at radius 1 is 0.981 bits per heavy atom. The van der Waals surface area contributed by atoms with E-state index in [1.54, 1.807) is 19.1 Å². The molecule has 5 heterocycles. The third kappa shape index (κ3) is 7.93. The first-order chi connectivity index (χ1) is 24.9. The highest BCUT2D eigenvalue weighted by molar-refractivity contribution is 7.61. The van der Waals surface area contributed by atoms with E-state index in [-0.39, 0.29) is 28.4 Å². The lowest BCUT2D eigenvalue weighted by atomic mass is 10.0. The molecule has 2 unspecified atom stereocenters. The number of nitrogen functional groups attached to an aromatic ring is 1. The number of pyridine rings is 1. The summed E-state index contributed by atoms with van der Waals surface area (Å²) in [6, 6.07) is 4.97. The largest absolute Gasteiger partial charge is 0.481 e. The summed E-state index contributed by atoms with van der Waals surface area (Å²) in [4.78, 5) is 62.6. The van der Waals surface area contributed by atoms with E-state index in [4.69, 9.17) is 15.0 Å². The normalized spacial score (nSPS) is 23.3. The molecule has 1 saturated heterocycles. The second-order valence-corrected chi connectivity index (χ2v) is 15.3. The number of ether oxygens (including phenoxy) is 1. The van der Waals surface area contributed by atoms with E-state index in [1.807, 2.05) is 6.92 Å². The summed E-state index contributed by atoms with van der Waals surface area (Å²) in [6.45, 7) is 0.920. The van der Waals surface area contributed by atoms with Gasteiger partial charge in [0.1, 0.15) is 48.5 Å². The molecule has 2 aromatic heterocycles. The molecule has 0 bridgehead atoms. The molecule has 10 N–H and O–H groups in total. The van der Waals surface area contributed by atoms with E-state index < -0.39 is 89.5 Å². The second kappa shape index (κ2) is 14.6. The predicted molar refractivity (Wildman–Crippen MR) is 179 cm³/mol. The van der Waals surface area contributed by atoms with Gasteiger partial charge in [-0.1, -0.05) is 0 Å². The highest BCUT2D eigenvalue weighted by Crippen LogP contribution is 2.60. The van der Waals surface area contributed by atoms with Crippen molar-refractivity contribution in [3.8, 4) is 11.4 Å². The fraction of sp³-hybridized carbons (Fsp3) is 0.429. The zero-order valence-corrected chi connectivity index (χ0v) is 29.4. The monoisotopic (exact) mass is 784 g/mol. The molecule has 286 valence electrons. The molecule has 1 fully saturated rings. The van der Waals surface area contributed by atoms with Gasteiger partial charge in [-0.2, -0.15) is 9.29 Å². The molecule has 3 aromatic rings. The van der Waals surface area contributed by atoms with Crippen LogP contribution in [0.1, 0.15) is 17.4 Å². The van der Waals surface area contributed by atoms with Gasteiger partial charge in [-0.05, 0) is 48.6 Å². The molecule has 0 aliphatic carbocycles. The van der Waals surface area contributed by atoms with Crippen LogP contribution in [-0.4, -0.2) is 119 Å². The number of hydrogen-bond donors (Lipinski definition) is 9. The molecule has 3 aliphatic rings. The molecule has 25 heteroatoms. The lowest BCUT2D eigenvalue weighted by molar-refractivity contribution is -0.0794. The van der Waals surface area contributed by atoms with Crippen molar-refractivity contribution in [2.75, 3.05) is 18.9 Å². The van der Waals surface area contributed by atoms with Crippen LogP contribution in [0.15, 0.2) is 40.4 Å². The highest BCUT2D eigenvalue weighted by atomic mass is 31.3. The van der Waals surface area contributed by atoms with Gasteiger partial charge >= 0.3 is 21.3 Å². The Hall–Kier alpha value is -4.06. The summed E-state index contributed by atoms with van der Waals surface area (Å²) in [5.41, 5.74) is 6.45. The average molecular weight is 785 g/mol. The molecule has 0 spiro atoms. The number of aliphatic hydroxyl groups is 5. The van der Waals surface area contributed by atoms with Gasteiger partial charge in [0.05, 0.1) is 37.2 Å². The first kappa shape index (κ1) is 38.7. The van der Waals surface area contributed by atoms with Crippen LogP contribution in [0.3, 0.4) is 0 Å². The van der Waals surface area contributed by atoms with Crippen LogP contribution in [0, 0.1) is 13.8 Å². The van der Waals surface area contributed by atoms with Crippen molar-refractivity contribution in [3.63, 3.8) is 0 Å². The van der Waals surface area contributed by atoms with Gasteiger partial charge in [0.2, 0.25) is 0 Å². The number of benzene rings is 1. The molecule has 6 rings (SSSR count). The van der Waals surface area contributed by atoms with E-state index in [0.29, 0.717) is 10.9 Å². The quantitative estimate of drug-likeness (QED) is 0.0469. The lowest BCUT2D eigenvalue weighted by Crippen LogP contribution is -2.42. The van der Waals surface area contributed by atoms with Crippen LogP contribution in [0.5, 0.6) is 0 Å². The molecule has 3 aliphatic heterocycles. The van der Waals surface area contributed by atoms with Gasteiger partial charge in [0, 0.05) is 0 Å². The Labute approximate surface area is 296 Å². The first-order valence-electron chi connectivity index (χ1n) is 15.6. The summed E-state index contributed by atoms with van der Waals surface area (Å²) >= 11 is 0. The van der Waals surface area contributed by atoms with Crippen molar-refractivity contribution >= 4 is 43.5 Å². The predicted octanol–water partition coefficient (Wildman–Crippen LogP) is -1.82. The number of nitrogens with two attached hydrogens (primary N) is 1. The maximum atomic E-state index is 12.6. The number of phosphoric ester groups is 2. The number of nitrogens with zero attached hydrogens (tertiary/aromatic N) is 6. The standard InChI is InChI=1S/C28H34N8O15P2/c1-11-3-13-5-14-24(33-28(43)34-26(14)42)35(15(13)4-12(11)2)6-16(37)20(39)17(38)7-48-52(44,45)51-53(46,47)49-8-18-21(40)22(41)27(50-18)36-10-32-19-23(29)30-9-31-25(19)36/h3-5,9-10,16-18,20-22,27,37-41H,6-8H2,1-2H3,(H,44,45)(H,46,47)(H2,29,30,31)(H,34,42,43)/t16-,17+,18+,20-,21+,22+,27+/m0/s1. The summed E-state index contributed by atoms with van der Waals surface area (Å²) in [5.74, 6) is -0.0992. The third-order valence-corrected chi connectivity index (χ3v) is 11.2. The molecule has 23 nitrogen and oxygen atoms in total. The van der Waals surface area contributed by atoms with E-state index >= 15 is 0 Å². The molecular formula is C28H34N8O15P2. The van der Waals surface area contributed by atoms with Crippen LogP contribution in [0.25, 0.3) is 33.5 Å². The smallest absolute Gasteiger partial charge is 0.388 e. The number of aliphatic hydroxyl groups excluding tert-OH is 5. The van der Waals surface area contributed by atoms with Crippen LogP contribution >= 0.6 is 15.6 Å². The maximum absolute atomic E-state index is 12.6. The van der Waals surface area contributed by atoms with Crippen LogP contribution in [0.4, 0.5) is 5.82 Å². The summed E-state index contributed by atoms with van der Waals surface area (Å²) in [6.07, 6.45) is -9.85. The number of fused-ring (bicyclic) bond motifs is 3. The fourth-order valence-corrected chi connectivity index (χ4v) is 7.83. The topological polar surface area (TPSA) is 350 Å². The Balaban J connectivity index is 1.07. The molecule has 53 heavy (non-hydrogen) atoms. The van der Waals surface area contributed by atoms with E-state index in [2.05, 4.69) is 33.8 Å². The average Bonchev–Trinajstić information content (AvgIpc) is 3.63. The number of aromatic amines is 1. The number of aryl methyl sites for hydroxylation is 2. The zero-order valence-electron chi connectivity index (χ0n) is 27.6. The number of rotatable bonds is 13. The molecule has 0 saturated carbocycles. The lowest BCUT2D eigenvalue weighted by Gasteiger charge is -2.26. The van der Waals surface area contributed by atoms with Crippen LogP contribution < -0.4 is 17.0 Å². The van der Waals surface area contributed by atoms with Gasteiger partial charge in [-0.25, -0.2) is 28.9 Å². The summed E-state index contributed by atoms with van der Waals surface area (Å²) < 4.78 is 46.7. The zero-order chi connectivity index (χ0) is 38.6. The number of phosphoric acid groups is 2. The highest BCUT2D eigenvalue weighted by Gasteiger charge is 2.46. The Bertz CT molecular complexity index is 2350. The first-order valence-corrected chi connectivity index (χ1v) is 18.5. The summed E-state index contributed by atoms with van der Waals surface area (Å²) in [5, 5.41) is 53.6. The minimum atomic E-state index is -5.53. The van der Waals surface area contributed by atoms with Crippen molar-refractivity contribution in [1.82, 2.24) is 34.1 Å². The van der Waals surface area contributed by atoms with Crippen LogP contribution in [0.2, 0.25) is 0 Å². The number of nitrogens with one attached hydrogen (secondary N) is 1. The van der Waals surface area contributed by atoms with Crippen molar-refractivity contribution in [3.05, 3.63) is 62.8 Å². The third-order valence-electron chi connectivity index (χ3n) is 8.58. The minimum Gasteiger partial charge on any atom is -0.388 e. The van der Waals surface area contributed by atoms with E-state index in [1.165, 1.54) is 21.5 Å².